The first-order chi connectivity index (χ1) is 12.2. The zero-order valence-corrected chi connectivity index (χ0v) is 14.9. The van der Waals surface area contributed by atoms with Crippen LogP contribution in [0.25, 0.3) is 0 Å². The van der Waals surface area contributed by atoms with Crippen LogP contribution >= 0.6 is 0 Å². The highest BCUT2D eigenvalue weighted by Crippen LogP contribution is 2.33. The second-order valence-electron chi connectivity index (χ2n) is 7.64. The van der Waals surface area contributed by atoms with E-state index >= 15 is 0 Å². The van der Waals surface area contributed by atoms with Crippen molar-refractivity contribution in [2.45, 2.75) is 43.8 Å². The van der Waals surface area contributed by atoms with Crippen molar-refractivity contribution in [1.29, 1.82) is 0 Å². The number of benzene rings is 1. The summed E-state index contributed by atoms with van der Waals surface area (Å²) in [6.45, 7) is 5.42. The molecule has 1 amide bonds. The van der Waals surface area contributed by atoms with E-state index in [2.05, 4.69) is 17.0 Å². The van der Waals surface area contributed by atoms with Crippen molar-refractivity contribution in [3.8, 4) is 0 Å². The average molecular weight is 344 g/mol. The number of carbonyl (C=O) groups is 1. The SMILES string of the molecule is O=C1OC2(CCN(C[C@H]3CCCO3)CC2)CN1CCc1ccccc1. The van der Waals surface area contributed by atoms with E-state index in [1.165, 1.54) is 18.4 Å². The van der Waals surface area contributed by atoms with Gasteiger partial charge >= 0.3 is 6.09 Å². The first kappa shape index (κ1) is 16.9. The third kappa shape index (κ3) is 3.98. The van der Waals surface area contributed by atoms with E-state index < -0.39 is 0 Å². The van der Waals surface area contributed by atoms with Gasteiger partial charge < -0.3 is 19.3 Å². The molecule has 25 heavy (non-hydrogen) atoms. The monoisotopic (exact) mass is 344 g/mol. The number of piperidine rings is 1. The molecule has 0 radical (unpaired) electrons. The first-order valence-corrected chi connectivity index (χ1v) is 9.58. The number of rotatable bonds is 5. The van der Waals surface area contributed by atoms with Crippen molar-refractivity contribution in [2.75, 3.05) is 39.3 Å². The minimum absolute atomic E-state index is 0.136. The van der Waals surface area contributed by atoms with Gasteiger partial charge in [-0.2, -0.15) is 0 Å². The molecule has 0 N–H and O–H groups in total. The summed E-state index contributed by atoms with van der Waals surface area (Å²) in [6, 6.07) is 10.3. The van der Waals surface area contributed by atoms with Gasteiger partial charge in [0, 0.05) is 45.6 Å². The standard InChI is InChI=1S/C20H28N2O3/c23-19-22(11-8-17-5-2-1-3-6-17)16-20(25-19)9-12-21(13-10-20)15-18-7-4-14-24-18/h1-3,5-6,18H,4,7-16H2/t18-/m1/s1. The third-order valence-corrected chi connectivity index (χ3v) is 5.81. The molecule has 3 aliphatic rings. The molecule has 0 aromatic heterocycles. The average Bonchev–Trinajstić information content (AvgIpc) is 3.24. The van der Waals surface area contributed by atoms with E-state index in [0.717, 1.165) is 58.6 Å². The van der Waals surface area contributed by atoms with Gasteiger partial charge in [-0.3, -0.25) is 0 Å². The van der Waals surface area contributed by atoms with E-state index in [0.29, 0.717) is 6.10 Å². The molecule has 3 saturated heterocycles. The molecular weight excluding hydrogens is 316 g/mol. The zero-order chi connectivity index (χ0) is 17.1. The van der Waals surface area contributed by atoms with Gasteiger partial charge in [0.25, 0.3) is 0 Å². The molecule has 0 bridgehead atoms. The Hall–Kier alpha value is -1.59. The van der Waals surface area contributed by atoms with Crippen LogP contribution in [-0.4, -0.2) is 66.9 Å². The third-order valence-electron chi connectivity index (χ3n) is 5.81. The second-order valence-corrected chi connectivity index (χ2v) is 7.64. The molecule has 5 nitrogen and oxygen atoms in total. The molecule has 0 aliphatic carbocycles. The lowest BCUT2D eigenvalue weighted by Gasteiger charge is -2.38. The van der Waals surface area contributed by atoms with Gasteiger partial charge in [0.05, 0.1) is 12.6 Å². The van der Waals surface area contributed by atoms with Crippen LogP contribution in [0.4, 0.5) is 4.79 Å². The number of nitrogens with zero attached hydrogens (tertiary/aromatic N) is 2. The Balaban J connectivity index is 1.27. The number of carbonyl (C=O) groups excluding carboxylic acids is 1. The van der Waals surface area contributed by atoms with Crippen molar-refractivity contribution >= 4 is 6.09 Å². The molecule has 136 valence electrons. The molecular formula is C20H28N2O3. The normalized spacial score (nSPS) is 26.3. The Morgan fingerprint density at radius 2 is 1.96 bits per heavy atom. The van der Waals surface area contributed by atoms with Crippen LogP contribution in [-0.2, 0) is 15.9 Å². The van der Waals surface area contributed by atoms with Gasteiger partial charge in [0.2, 0.25) is 0 Å². The van der Waals surface area contributed by atoms with Gasteiger partial charge in [-0.25, -0.2) is 4.79 Å². The number of hydrogen-bond acceptors (Lipinski definition) is 4. The summed E-state index contributed by atoms with van der Waals surface area (Å²) in [5, 5.41) is 0. The van der Waals surface area contributed by atoms with Gasteiger partial charge in [0.15, 0.2) is 0 Å². The van der Waals surface area contributed by atoms with Crippen LogP contribution in [0.5, 0.6) is 0 Å². The molecule has 0 saturated carbocycles. The smallest absolute Gasteiger partial charge is 0.410 e. The number of ether oxygens (including phenoxy) is 2. The van der Waals surface area contributed by atoms with Crippen LogP contribution in [0.1, 0.15) is 31.2 Å². The van der Waals surface area contributed by atoms with Crippen molar-refractivity contribution in [3.05, 3.63) is 35.9 Å². The van der Waals surface area contributed by atoms with Crippen molar-refractivity contribution in [3.63, 3.8) is 0 Å². The van der Waals surface area contributed by atoms with Gasteiger partial charge in [-0.05, 0) is 24.8 Å². The minimum atomic E-state index is -0.263. The van der Waals surface area contributed by atoms with Crippen LogP contribution in [0, 0.1) is 0 Å². The van der Waals surface area contributed by atoms with E-state index in [-0.39, 0.29) is 11.7 Å². The fourth-order valence-corrected chi connectivity index (χ4v) is 4.25. The van der Waals surface area contributed by atoms with E-state index in [1.54, 1.807) is 0 Å². The molecule has 4 rings (SSSR count). The summed E-state index contributed by atoms with van der Waals surface area (Å²) in [5.41, 5.74) is 1.00. The highest BCUT2D eigenvalue weighted by atomic mass is 16.6. The zero-order valence-electron chi connectivity index (χ0n) is 14.9. The summed E-state index contributed by atoms with van der Waals surface area (Å²) in [4.78, 5) is 16.7. The number of likely N-dealkylation sites (tertiary alicyclic amines) is 1. The maximum atomic E-state index is 12.3. The highest BCUT2D eigenvalue weighted by molar-refractivity contribution is 5.70. The molecule has 3 fully saturated rings. The van der Waals surface area contributed by atoms with E-state index in [9.17, 15) is 4.79 Å². The lowest BCUT2D eigenvalue weighted by molar-refractivity contribution is -0.0130. The summed E-state index contributed by atoms with van der Waals surface area (Å²) in [7, 11) is 0. The Morgan fingerprint density at radius 3 is 2.68 bits per heavy atom. The Bertz CT molecular complexity index is 578. The van der Waals surface area contributed by atoms with Crippen LogP contribution in [0.3, 0.4) is 0 Å². The molecule has 1 aromatic carbocycles. The Morgan fingerprint density at radius 1 is 1.16 bits per heavy atom. The van der Waals surface area contributed by atoms with Crippen molar-refractivity contribution in [2.24, 2.45) is 0 Å². The maximum absolute atomic E-state index is 12.3. The quantitative estimate of drug-likeness (QED) is 0.824. The molecule has 1 atom stereocenters. The summed E-state index contributed by atoms with van der Waals surface area (Å²) >= 11 is 0. The summed E-state index contributed by atoms with van der Waals surface area (Å²) < 4.78 is 11.6. The minimum Gasteiger partial charge on any atom is -0.441 e. The number of hydrogen-bond donors (Lipinski definition) is 0. The molecule has 1 spiro atoms. The fraction of sp³-hybridized carbons (Fsp3) is 0.650. The Labute approximate surface area is 149 Å². The van der Waals surface area contributed by atoms with Gasteiger partial charge in [-0.1, -0.05) is 30.3 Å². The highest BCUT2D eigenvalue weighted by Gasteiger charge is 2.46. The predicted octanol–water partition coefficient (Wildman–Crippen LogP) is 2.69. The lowest BCUT2D eigenvalue weighted by Crippen LogP contribution is -2.48. The fourth-order valence-electron chi connectivity index (χ4n) is 4.25. The van der Waals surface area contributed by atoms with E-state index in [1.807, 2.05) is 23.1 Å². The van der Waals surface area contributed by atoms with Crippen LogP contribution in [0.2, 0.25) is 0 Å². The summed E-state index contributed by atoms with van der Waals surface area (Å²) in [5.74, 6) is 0. The first-order valence-electron chi connectivity index (χ1n) is 9.58. The largest absolute Gasteiger partial charge is 0.441 e. The van der Waals surface area contributed by atoms with Gasteiger partial charge in [0.1, 0.15) is 5.60 Å². The van der Waals surface area contributed by atoms with Crippen molar-refractivity contribution < 1.29 is 14.3 Å². The van der Waals surface area contributed by atoms with Gasteiger partial charge in [-0.15, -0.1) is 0 Å². The molecule has 3 aliphatic heterocycles. The maximum Gasteiger partial charge on any atom is 0.410 e. The Kier molecular flexibility index (Phi) is 4.95. The van der Waals surface area contributed by atoms with Crippen LogP contribution in [0.15, 0.2) is 30.3 Å². The summed E-state index contributed by atoms with van der Waals surface area (Å²) in [6.07, 6.45) is 5.41. The molecule has 5 heteroatoms. The van der Waals surface area contributed by atoms with Crippen LogP contribution < -0.4 is 0 Å². The predicted molar refractivity (Wildman–Crippen MR) is 95.6 cm³/mol. The molecule has 3 heterocycles. The molecule has 1 aromatic rings. The van der Waals surface area contributed by atoms with E-state index in [4.69, 9.17) is 9.47 Å². The second kappa shape index (κ2) is 7.34. The molecule has 0 unspecified atom stereocenters. The topological polar surface area (TPSA) is 42.0 Å². The van der Waals surface area contributed by atoms with Crippen molar-refractivity contribution in [1.82, 2.24) is 9.80 Å². The lowest BCUT2D eigenvalue weighted by atomic mass is 9.91. The number of amides is 1.